The number of aryl methyl sites for hydroxylation is 2. The van der Waals surface area contributed by atoms with E-state index in [4.69, 9.17) is 5.73 Å². The van der Waals surface area contributed by atoms with Gasteiger partial charge in [0.2, 0.25) is 0 Å². The summed E-state index contributed by atoms with van der Waals surface area (Å²) in [6.07, 6.45) is 3.26. The summed E-state index contributed by atoms with van der Waals surface area (Å²) in [5, 5.41) is 4.41. The first-order chi connectivity index (χ1) is 10.1. The second kappa shape index (κ2) is 4.94. The molecule has 5 heteroatoms. The number of anilines is 1. The van der Waals surface area contributed by atoms with E-state index in [0.29, 0.717) is 17.1 Å². The Hall–Kier alpha value is -2.82. The van der Waals surface area contributed by atoms with Crippen LogP contribution in [0.25, 0.3) is 22.4 Å². The molecule has 3 N–H and O–H groups in total. The lowest BCUT2D eigenvalue weighted by Gasteiger charge is -2.04. The number of aromatic nitrogens is 3. The maximum atomic E-state index is 12.1. The van der Waals surface area contributed by atoms with Crippen molar-refractivity contribution < 1.29 is 0 Å². The third-order valence-corrected chi connectivity index (χ3v) is 3.51. The average molecular weight is 280 g/mol. The van der Waals surface area contributed by atoms with Crippen LogP contribution in [0, 0.1) is 6.92 Å². The van der Waals surface area contributed by atoms with Crippen LogP contribution in [0.1, 0.15) is 5.56 Å². The fourth-order valence-electron chi connectivity index (χ4n) is 2.33. The van der Waals surface area contributed by atoms with E-state index >= 15 is 0 Å². The van der Waals surface area contributed by atoms with Crippen LogP contribution < -0.4 is 11.2 Å². The first-order valence-corrected chi connectivity index (χ1v) is 6.65. The SMILES string of the molecule is Cc1ccc(-c2c(-c3c[nH]ccc3=O)nn(C)c2N)cc1. The molecule has 0 spiro atoms. The van der Waals surface area contributed by atoms with Crippen LogP contribution in [0.2, 0.25) is 0 Å². The highest BCUT2D eigenvalue weighted by Gasteiger charge is 2.18. The second-order valence-electron chi connectivity index (χ2n) is 5.02. The maximum absolute atomic E-state index is 12.1. The van der Waals surface area contributed by atoms with Gasteiger partial charge in [-0.15, -0.1) is 0 Å². The fourth-order valence-corrected chi connectivity index (χ4v) is 2.33. The van der Waals surface area contributed by atoms with Crippen molar-refractivity contribution >= 4 is 5.82 Å². The van der Waals surface area contributed by atoms with Gasteiger partial charge in [0.25, 0.3) is 0 Å². The van der Waals surface area contributed by atoms with Gasteiger partial charge in [-0.25, -0.2) is 0 Å². The molecule has 0 fully saturated rings. The molecule has 3 aromatic rings. The Morgan fingerprint density at radius 2 is 1.90 bits per heavy atom. The number of H-pyrrole nitrogens is 1. The number of nitrogen functional groups attached to an aromatic ring is 1. The molecule has 0 atom stereocenters. The molecule has 0 aliphatic rings. The summed E-state index contributed by atoms with van der Waals surface area (Å²) in [7, 11) is 1.77. The minimum absolute atomic E-state index is 0.0831. The van der Waals surface area contributed by atoms with E-state index in [1.54, 1.807) is 24.1 Å². The minimum atomic E-state index is -0.0831. The fraction of sp³-hybridized carbons (Fsp3) is 0.125. The van der Waals surface area contributed by atoms with Crippen LogP contribution >= 0.6 is 0 Å². The van der Waals surface area contributed by atoms with Gasteiger partial charge in [0, 0.05) is 25.5 Å². The molecule has 0 bridgehead atoms. The molecule has 5 nitrogen and oxygen atoms in total. The van der Waals surface area contributed by atoms with Crippen molar-refractivity contribution in [3.05, 3.63) is 58.5 Å². The van der Waals surface area contributed by atoms with Crippen molar-refractivity contribution in [2.24, 2.45) is 7.05 Å². The predicted molar refractivity (Wildman–Crippen MR) is 83.9 cm³/mol. The Balaban J connectivity index is 2.28. The molecule has 0 unspecified atom stereocenters. The minimum Gasteiger partial charge on any atom is -0.383 e. The molecular formula is C16H16N4O. The number of pyridine rings is 1. The number of aromatic amines is 1. The molecule has 2 aromatic heterocycles. The number of rotatable bonds is 2. The molecule has 0 amide bonds. The summed E-state index contributed by atoms with van der Waals surface area (Å²) in [4.78, 5) is 15.0. The maximum Gasteiger partial charge on any atom is 0.191 e. The highest BCUT2D eigenvalue weighted by molar-refractivity contribution is 5.87. The monoisotopic (exact) mass is 280 g/mol. The Morgan fingerprint density at radius 1 is 1.19 bits per heavy atom. The summed E-state index contributed by atoms with van der Waals surface area (Å²) in [5.74, 6) is 0.539. The van der Waals surface area contributed by atoms with E-state index in [9.17, 15) is 4.79 Å². The topological polar surface area (TPSA) is 76.7 Å². The number of nitrogens with zero attached hydrogens (tertiary/aromatic N) is 2. The summed E-state index contributed by atoms with van der Waals surface area (Å²) in [6.45, 7) is 2.03. The molecule has 2 heterocycles. The van der Waals surface area contributed by atoms with Gasteiger partial charge >= 0.3 is 0 Å². The zero-order valence-electron chi connectivity index (χ0n) is 11.9. The molecule has 1 aromatic carbocycles. The van der Waals surface area contributed by atoms with Crippen LogP contribution in [0.15, 0.2) is 47.5 Å². The molecule has 0 aliphatic heterocycles. The van der Waals surface area contributed by atoms with Gasteiger partial charge in [-0.05, 0) is 12.5 Å². The third kappa shape index (κ3) is 2.23. The van der Waals surface area contributed by atoms with Crippen LogP contribution in [-0.4, -0.2) is 14.8 Å². The van der Waals surface area contributed by atoms with Gasteiger partial charge in [-0.2, -0.15) is 5.10 Å². The Bertz CT molecular complexity index is 843. The summed E-state index contributed by atoms with van der Waals surface area (Å²) < 4.78 is 1.59. The lowest BCUT2D eigenvalue weighted by molar-refractivity contribution is 0.782. The predicted octanol–water partition coefficient (Wildman–Crippen LogP) is 2.33. The third-order valence-electron chi connectivity index (χ3n) is 3.51. The highest BCUT2D eigenvalue weighted by atomic mass is 16.1. The molecule has 106 valence electrons. The Labute approximate surface area is 122 Å². The van der Waals surface area contributed by atoms with Crippen molar-refractivity contribution in [2.45, 2.75) is 6.92 Å². The van der Waals surface area contributed by atoms with Crippen molar-refractivity contribution in [3.8, 4) is 22.4 Å². The zero-order chi connectivity index (χ0) is 15.0. The first kappa shape index (κ1) is 13.2. The number of nitrogens with two attached hydrogens (primary N) is 1. The lowest BCUT2D eigenvalue weighted by Crippen LogP contribution is -2.04. The average Bonchev–Trinajstić information content (AvgIpc) is 2.76. The van der Waals surface area contributed by atoms with Crippen molar-refractivity contribution in [2.75, 3.05) is 5.73 Å². The molecule has 0 radical (unpaired) electrons. The van der Waals surface area contributed by atoms with Crippen LogP contribution in [-0.2, 0) is 7.05 Å². The summed E-state index contributed by atoms with van der Waals surface area (Å²) in [6, 6.07) is 9.49. The smallest absolute Gasteiger partial charge is 0.191 e. The second-order valence-corrected chi connectivity index (χ2v) is 5.02. The standard InChI is InChI=1S/C16H16N4O/c1-10-3-5-11(6-4-10)14-15(19-20(2)16(14)17)12-9-18-8-7-13(12)21/h3-9H,17H2,1-2H3,(H,18,21). The number of hydrogen-bond donors (Lipinski definition) is 2. The molecule has 0 saturated heterocycles. The van der Waals surface area contributed by atoms with Gasteiger partial charge < -0.3 is 10.7 Å². The Morgan fingerprint density at radius 3 is 2.57 bits per heavy atom. The molecule has 3 rings (SSSR count). The van der Waals surface area contributed by atoms with E-state index < -0.39 is 0 Å². The number of nitrogens with one attached hydrogen (secondary N) is 1. The van der Waals surface area contributed by atoms with E-state index in [2.05, 4.69) is 10.1 Å². The van der Waals surface area contributed by atoms with E-state index in [-0.39, 0.29) is 5.43 Å². The zero-order valence-corrected chi connectivity index (χ0v) is 11.9. The van der Waals surface area contributed by atoms with Crippen LogP contribution in [0.5, 0.6) is 0 Å². The molecule has 21 heavy (non-hydrogen) atoms. The van der Waals surface area contributed by atoms with Crippen molar-refractivity contribution in [1.29, 1.82) is 0 Å². The lowest BCUT2D eigenvalue weighted by atomic mass is 10.0. The molecule has 0 aliphatic carbocycles. The van der Waals surface area contributed by atoms with Gasteiger partial charge in [0.15, 0.2) is 5.43 Å². The van der Waals surface area contributed by atoms with Gasteiger partial charge in [-0.1, -0.05) is 29.8 Å². The summed E-state index contributed by atoms with van der Waals surface area (Å²) >= 11 is 0. The van der Waals surface area contributed by atoms with Crippen LogP contribution in [0.3, 0.4) is 0 Å². The van der Waals surface area contributed by atoms with E-state index in [1.165, 1.54) is 11.6 Å². The van der Waals surface area contributed by atoms with Gasteiger partial charge in [-0.3, -0.25) is 9.48 Å². The van der Waals surface area contributed by atoms with E-state index in [0.717, 1.165) is 11.1 Å². The summed E-state index contributed by atoms with van der Waals surface area (Å²) in [5.41, 5.74) is 10.1. The van der Waals surface area contributed by atoms with E-state index in [1.807, 2.05) is 31.2 Å². The van der Waals surface area contributed by atoms with Crippen molar-refractivity contribution in [3.63, 3.8) is 0 Å². The number of benzene rings is 1. The highest BCUT2D eigenvalue weighted by Crippen LogP contribution is 2.34. The van der Waals surface area contributed by atoms with Crippen LogP contribution in [0.4, 0.5) is 5.82 Å². The molecule has 0 saturated carbocycles. The Kier molecular flexibility index (Phi) is 3.10. The van der Waals surface area contributed by atoms with Gasteiger partial charge in [0.1, 0.15) is 11.5 Å². The number of hydrogen-bond acceptors (Lipinski definition) is 3. The normalized spacial score (nSPS) is 10.8. The first-order valence-electron chi connectivity index (χ1n) is 6.65. The van der Waals surface area contributed by atoms with Crippen molar-refractivity contribution in [1.82, 2.24) is 14.8 Å². The molecular weight excluding hydrogens is 264 g/mol. The quantitative estimate of drug-likeness (QED) is 0.756. The van der Waals surface area contributed by atoms with Gasteiger partial charge in [0.05, 0.1) is 11.1 Å². The largest absolute Gasteiger partial charge is 0.383 e.